The second-order valence-corrected chi connectivity index (χ2v) is 11.4. The summed E-state index contributed by atoms with van der Waals surface area (Å²) in [5, 5.41) is 0. The molecule has 0 fully saturated rings. The van der Waals surface area contributed by atoms with Crippen LogP contribution < -0.4 is 0 Å². The molecule has 0 aromatic rings. The zero-order valence-electron chi connectivity index (χ0n) is 25.5. The highest BCUT2D eigenvalue weighted by atomic mass is 16.5. The molecule has 0 spiro atoms. The normalized spacial score (nSPS) is 17.1. The van der Waals surface area contributed by atoms with Gasteiger partial charge in [0.25, 0.3) is 0 Å². The molecule has 0 atom stereocenters. The van der Waals surface area contributed by atoms with E-state index in [2.05, 4.69) is 89.3 Å². The van der Waals surface area contributed by atoms with E-state index >= 15 is 0 Å². The summed E-state index contributed by atoms with van der Waals surface area (Å²) in [6.07, 6.45) is 36.5. The number of allylic oxidation sites excluding steroid dienone is 13. The number of hydrogen-bond acceptors (Lipinski definition) is 2. The number of carbonyl (C=O) groups excluding carboxylic acids is 1. The van der Waals surface area contributed by atoms with Gasteiger partial charge in [0.1, 0.15) is 6.61 Å². The Kier molecular flexibility index (Phi) is 18.3. The van der Waals surface area contributed by atoms with E-state index in [0.29, 0.717) is 13.0 Å². The van der Waals surface area contributed by atoms with E-state index in [0.717, 1.165) is 31.3 Å². The average molecular weight is 521 g/mol. The Hall–Kier alpha value is -2.35. The summed E-state index contributed by atoms with van der Waals surface area (Å²) in [7, 11) is 0. The Morgan fingerprint density at radius 1 is 0.921 bits per heavy atom. The molecule has 1 aliphatic carbocycles. The van der Waals surface area contributed by atoms with Gasteiger partial charge in [0.2, 0.25) is 0 Å². The predicted molar refractivity (Wildman–Crippen MR) is 167 cm³/mol. The minimum atomic E-state index is -0.0896. The quantitative estimate of drug-likeness (QED) is 0.0777. The summed E-state index contributed by atoms with van der Waals surface area (Å²) in [6.45, 7) is 13.7. The van der Waals surface area contributed by atoms with Crippen molar-refractivity contribution in [1.29, 1.82) is 0 Å². The van der Waals surface area contributed by atoms with Crippen molar-refractivity contribution in [3.8, 4) is 0 Å². The van der Waals surface area contributed by atoms with E-state index in [1.54, 1.807) is 0 Å². The molecule has 0 N–H and O–H groups in total. The maximum atomic E-state index is 12.0. The lowest BCUT2D eigenvalue weighted by atomic mass is 9.72. The van der Waals surface area contributed by atoms with Crippen molar-refractivity contribution >= 4 is 5.97 Å². The standard InChI is InChI=1S/C36H56O2/c1-7-8-9-10-11-12-13-14-15-16-17-18-19-25-35(37)38-30-28-32(3)23-20-22-31(2)26-27-34-33(4)24-21-29-36(34,5)6/h9-10,12-13,20,22-23,26-28H,7-8,11,14-19,21,24-25,29-30H2,1-6H3/b10-9-,13-12-,23-20+,27-26+,31-22+,32-28+. The van der Waals surface area contributed by atoms with Gasteiger partial charge in [-0.1, -0.05) is 118 Å². The number of hydrogen-bond donors (Lipinski definition) is 0. The number of carbonyl (C=O) groups is 1. The Morgan fingerprint density at radius 2 is 1.63 bits per heavy atom. The van der Waals surface area contributed by atoms with Crippen LogP contribution in [-0.4, -0.2) is 12.6 Å². The Labute approximate surface area is 235 Å². The predicted octanol–water partition coefficient (Wildman–Crippen LogP) is 11.1. The lowest BCUT2D eigenvalue weighted by Gasteiger charge is -2.32. The van der Waals surface area contributed by atoms with Gasteiger partial charge < -0.3 is 4.74 Å². The maximum absolute atomic E-state index is 12.0. The summed E-state index contributed by atoms with van der Waals surface area (Å²) in [5.74, 6) is -0.0896. The van der Waals surface area contributed by atoms with Crippen molar-refractivity contribution < 1.29 is 9.53 Å². The van der Waals surface area contributed by atoms with Gasteiger partial charge in [-0.3, -0.25) is 4.79 Å². The highest BCUT2D eigenvalue weighted by molar-refractivity contribution is 5.69. The molecular formula is C36H56O2. The van der Waals surface area contributed by atoms with Crippen LogP contribution in [0.1, 0.15) is 125 Å². The molecule has 0 radical (unpaired) electrons. The molecule has 2 heteroatoms. The molecule has 1 aliphatic rings. The number of ether oxygens (including phenoxy) is 1. The van der Waals surface area contributed by atoms with Gasteiger partial charge in [-0.25, -0.2) is 0 Å². The average Bonchev–Trinajstić information content (AvgIpc) is 2.86. The van der Waals surface area contributed by atoms with Crippen LogP contribution in [0.25, 0.3) is 0 Å². The van der Waals surface area contributed by atoms with Gasteiger partial charge in [-0.05, 0) is 89.2 Å². The van der Waals surface area contributed by atoms with Gasteiger partial charge in [0.15, 0.2) is 0 Å². The molecule has 0 heterocycles. The van der Waals surface area contributed by atoms with E-state index in [1.165, 1.54) is 68.1 Å². The molecule has 212 valence electrons. The zero-order chi connectivity index (χ0) is 28.1. The number of unbranched alkanes of at least 4 members (excludes halogenated alkanes) is 6. The second kappa shape index (κ2) is 20.6. The van der Waals surface area contributed by atoms with Crippen LogP contribution in [-0.2, 0) is 9.53 Å². The third-order valence-electron chi connectivity index (χ3n) is 7.24. The largest absolute Gasteiger partial charge is 0.461 e. The van der Waals surface area contributed by atoms with E-state index in [9.17, 15) is 4.79 Å². The number of rotatable bonds is 18. The van der Waals surface area contributed by atoms with Gasteiger partial charge in [-0.15, -0.1) is 0 Å². The van der Waals surface area contributed by atoms with Crippen LogP contribution in [0.4, 0.5) is 0 Å². The molecule has 0 unspecified atom stereocenters. The van der Waals surface area contributed by atoms with Crippen LogP contribution in [0, 0.1) is 5.41 Å². The summed E-state index contributed by atoms with van der Waals surface area (Å²) in [6, 6.07) is 0. The summed E-state index contributed by atoms with van der Waals surface area (Å²) in [4.78, 5) is 12.0. The van der Waals surface area contributed by atoms with Crippen molar-refractivity contribution in [1.82, 2.24) is 0 Å². The Bertz CT molecular complexity index is 886. The lowest BCUT2D eigenvalue weighted by Crippen LogP contribution is -2.19. The molecular weight excluding hydrogens is 464 g/mol. The van der Waals surface area contributed by atoms with Crippen LogP contribution in [0.5, 0.6) is 0 Å². The number of esters is 1. The molecule has 0 aliphatic heterocycles. The van der Waals surface area contributed by atoms with Gasteiger partial charge >= 0.3 is 5.97 Å². The molecule has 2 nitrogen and oxygen atoms in total. The fraction of sp³-hybridized carbons (Fsp3) is 0.583. The topological polar surface area (TPSA) is 26.3 Å². The molecule has 0 saturated heterocycles. The molecule has 1 rings (SSSR count). The van der Waals surface area contributed by atoms with E-state index in [1.807, 2.05) is 13.0 Å². The third-order valence-corrected chi connectivity index (χ3v) is 7.24. The van der Waals surface area contributed by atoms with Crippen molar-refractivity contribution in [3.63, 3.8) is 0 Å². The van der Waals surface area contributed by atoms with E-state index < -0.39 is 0 Å². The van der Waals surface area contributed by atoms with E-state index in [-0.39, 0.29) is 11.4 Å². The van der Waals surface area contributed by atoms with Gasteiger partial charge in [-0.2, -0.15) is 0 Å². The van der Waals surface area contributed by atoms with Crippen molar-refractivity contribution in [2.45, 2.75) is 125 Å². The van der Waals surface area contributed by atoms with Crippen molar-refractivity contribution in [2.24, 2.45) is 5.41 Å². The minimum absolute atomic E-state index is 0.0896. The third kappa shape index (κ3) is 16.5. The van der Waals surface area contributed by atoms with Gasteiger partial charge in [0, 0.05) is 6.42 Å². The highest BCUT2D eigenvalue weighted by Gasteiger charge is 2.26. The van der Waals surface area contributed by atoms with Gasteiger partial charge in [0.05, 0.1) is 0 Å². The summed E-state index contributed by atoms with van der Waals surface area (Å²) >= 11 is 0. The highest BCUT2D eigenvalue weighted by Crippen LogP contribution is 2.40. The molecule has 0 aromatic carbocycles. The van der Waals surface area contributed by atoms with Crippen LogP contribution >= 0.6 is 0 Å². The molecule has 0 aromatic heterocycles. The Morgan fingerprint density at radius 3 is 2.37 bits per heavy atom. The smallest absolute Gasteiger partial charge is 0.306 e. The molecule has 0 bridgehead atoms. The monoisotopic (exact) mass is 520 g/mol. The zero-order valence-corrected chi connectivity index (χ0v) is 25.5. The first-order valence-electron chi connectivity index (χ1n) is 15.1. The maximum Gasteiger partial charge on any atom is 0.306 e. The van der Waals surface area contributed by atoms with Crippen LogP contribution in [0.2, 0.25) is 0 Å². The minimum Gasteiger partial charge on any atom is -0.461 e. The molecule has 0 saturated carbocycles. The lowest BCUT2D eigenvalue weighted by molar-refractivity contribution is -0.142. The van der Waals surface area contributed by atoms with Crippen LogP contribution in [0.15, 0.2) is 83.1 Å². The first kappa shape index (κ1) is 33.7. The summed E-state index contributed by atoms with van der Waals surface area (Å²) in [5.41, 5.74) is 5.62. The molecule has 0 amide bonds. The second-order valence-electron chi connectivity index (χ2n) is 11.4. The molecule has 38 heavy (non-hydrogen) atoms. The van der Waals surface area contributed by atoms with Crippen molar-refractivity contribution in [2.75, 3.05) is 6.61 Å². The SMILES string of the molecule is CCC/C=C\C/C=C\CCCCCCCC(=O)OC/C=C(C)/C=C/C=C(C)/C=C/C1=C(C)CCCC1(C)C. The fourth-order valence-corrected chi connectivity index (χ4v) is 4.77. The van der Waals surface area contributed by atoms with Crippen LogP contribution in [0.3, 0.4) is 0 Å². The first-order valence-corrected chi connectivity index (χ1v) is 15.1. The van der Waals surface area contributed by atoms with Crippen molar-refractivity contribution in [3.05, 3.63) is 83.1 Å². The van der Waals surface area contributed by atoms with E-state index in [4.69, 9.17) is 4.74 Å². The summed E-state index contributed by atoms with van der Waals surface area (Å²) < 4.78 is 5.39. The fourth-order valence-electron chi connectivity index (χ4n) is 4.77. The first-order chi connectivity index (χ1) is 18.3. The Balaban J connectivity index is 2.18.